The number of hydrogen-bond donors (Lipinski definition) is 1. The summed E-state index contributed by atoms with van der Waals surface area (Å²) in [5, 5.41) is 3.30. The number of hydrogen-bond acceptors (Lipinski definition) is 3. The molecule has 15 heavy (non-hydrogen) atoms. The van der Waals surface area contributed by atoms with E-state index in [1.807, 2.05) is 0 Å². The number of methoxy groups -OCH3 is 1. The van der Waals surface area contributed by atoms with Gasteiger partial charge in [-0.15, -0.1) is 0 Å². The minimum Gasteiger partial charge on any atom is -0.468 e. The zero-order valence-corrected chi connectivity index (χ0v) is 10.1. The van der Waals surface area contributed by atoms with E-state index in [-0.39, 0.29) is 12.0 Å². The predicted molar refractivity (Wildman–Crippen MR) is 60.6 cm³/mol. The fourth-order valence-corrected chi connectivity index (χ4v) is 1.74. The summed E-state index contributed by atoms with van der Waals surface area (Å²) in [5.74, 6) is 1.30. The van der Waals surface area contributed by atoms with Crippen LogP contribution in [-0.4, -0.2) is 25.7 Å². The third kappa shape index (κ3) is 5.17. The molecule has 3 heteroatoms. The molecule has 3 nitrogen and oxygen atoms in total. The van der Waals surface area contributed by atoms with Crippen molar-refractivity contribution in [2.45, 2.75) is 45.6 Å². The normalized spacial score (nSPS) is 17.9. The van der Waals surface area contributed by atoms with Crippen LogP contribution >= 0.6 is 0 Å². The summed E-state index contributed by atoms with van der Waals surface area (Å²) in [6.07, 6.45) is 4.80. The third-order valence-corrected chi connectivity index (χ3v) is 2.83. The van der Waals surface area contributed by atoms with Crippen LogP contribution in [0.1, 0.15) is 39.5 Å². The average Bonchev–Trinajstić information content (AvgIpc) is 2.98. The minimum absolute atomic E-state index is 0.117. The number of nitrogens with one attached hydrogen (secondary N) is 1. The quantitative estimate of drug-likeness (QED) is 0.657. The van der Waals surface area contributed by atoms with Gasteiger partial charge in [0.05, 0.1) is 7.11 Å². The van der Waals surface area contributed by atoms with E-state index in [4.69, 9.17) is 4.74 Å². The molecule has 0 aromatic carbocycles. The van der Waals surface area contributed by atoms with Crippen molar-refractivity contribution in [3.63, 3.8) is 0 Å². The van der Waals surface area contributed by atoms with Crippen molar-refractivity contribution in [2.75, 3.05) is 13.7 Å². The second-order valence-corrected chi connectivity index (χ2v) is 4.89. The van der Waals surface area contributed by atoms with Crippen LogP contribution in [0.15, 0.2) is 0 Å². The lowest BCUT2D eigenvalue weighted by atomic mass is 10.0. The van der Waals surface area contributed by atoms with E-state index in [1.165, 1.54) is 26.4 Å². The van der Waals surface area contributed by atoms with Crippen LogP contribution in [-0.2, 0) is 9.53 Å². The molecule has 1 N–H and O–H groups in total. The maximum atomic E-state index is 11.5. The van der Waals surface area contributed by atoms with Crippen molar-refractivity contribution in [1.82, 2.24) is 5.32 Å². The molecule has 0 spiro atoms. The van der Waals surface area contributed by atoms with E-state index in [9.17, 15) is 4.79 Å². The van der Waals surface area contributed by atoms with Crippen molar-refractivity contribution in [3.8, 4) is 0 Å². The van der Waals surface area contributed by atoms with Crippen LogP contribution in [0.3, 0.4) is 0 Å². The van der Waals surface area contributed by atoms with Gasteiger partial charge in [-0.25, -0.2) is 0 Å². The number of rotatable bonds is 7. The summed E-state index contributed by atoms with van der Waals surface area (Å²) in [6.45, 7) is 5.19. The van der Waals surface area contributed by atoms with Crippen LogP contribution in [0.4, 0.5) is 0 Å². The van der Waals surface area contributed by atoms with Gasteiger partial charge in [-0.05, 0) is 31.2 Å². The SMILES string of the molecule is COC(=O)C(CC(C)C)NCCC1CC1. The van der Waals surface area contributed by atoms with Gasteiger partial charge in [-0.1, -0.05) is 26.7 Å². The molecule has 1 unspecified atom stereocenters. The zero-order chi connectivity index (χ0) is 11.3. The molecule has 1 fully saturated rings. The van der Waals surface area contributed by atoms with Crippen LogP contribution in [0, 0.1) is 11.8 Å². The molecule has 0 aliphatic heterocycles. The summed E-state index contributed by atoms with van der Waals surface area (Å²) < 4.78 is 4.78. The highest BCUT2D eigenvalue weighted by Gasteiger charge is 2.23. The first-order valence-electron chi connectivity index (χ1n) is 5.94. The van der Waals surface area contributed by atoms with Crippen molar-refractivity contribution in [2.24, 2.45) is 11.8 Å². The van der Waals surface area contributed by atoms with Gasteiger partial charge in [0, 0.05) is 0 Å². The van der Waals surface area contributed by atoms with E-state index in [0.717, 1.165) is 18.9 Å². The lowest BCUT2D eigenvalue weighted by Crippen LogP contribution is -2.39. The van der Waals surface area contributed by atoms with Gasteiger partial charge >= 0.3 is 5.97 Å². The molecule has 1 atom stereocenters. The molecular weight excluding hydrogens is 190 g/mol. The highest BCUT2D eigenvalue weighted by Crippen LogP contribution is 2.31. The standard InChI is InChI=1S/C12H23NO2/c1-9(2)8-11(12(14)15-3)13-7-6-10-4-5-10/h9-11,13H,4-8H2,1-3H3. The van der Waals surface area contributed by atoms with Crippen molar-refractivity contribution in [1.29, 1.82) is 0 Å². The second kappa shape index (κ2) is 6.11. The molecular formula is C12H23NO2. The highest BCUT2D eigenvalue weighted by molar-refractivity contribution is 5.75. The second-order valence-electron chi connectivity index (χ2n) is 4.89. The Hall–Kier alpha value is -0.570. The summed E-state index contributed by atoms with van der Waals surface area (Å²) in [6, 6.07) is -0.117. The van der Waals surface area contributed by atoms with E-state index in [0.29, 0.717) is 5.92 Å². The molecule has 0 aromatic rings. The molecule has 88 valence electrons. The minimum atomic E-state index is -0.125. The number of carbonyl (C=O) groups is 1. The van der Waals surface area contributed by atoms with E-state index in [2.05, 4.69) is 19.2 Å². The van der Waals surface area contributed by atoms with E-state index < -0.39 is 0 Å². The van der Waals surface area contributed by atoms with Gasteiger partial charge in [0.25, 0.3) is 0 Å². The molecule has 0 radical (unpaired) electrons. The maximum absolute atomic E-state index is 11.5. The zero-order valence-electron chi connectivity index (χ0n) is 10.1. The molecule has 0 amide bonds. The van der Waals surface area contributed by atoms with E-state index in [1.54, 1.807) is 0 Å². The smallest absolute Gasteiger partial charge is 0.322 e. The van der Waals surface area contributed by atoms with Crippen LogP contribution in [0.2, 0.25) is 0 Å². The Bertz CT molecular complexity index is 200. The molecule has 0 bridgehead atoms. The Morgan fingerprint density at radius 3 is 2.60 bits per heavy atom. The Morgan fingerprint density at radius 2 is 2.13 bits per heavy atom. The molecule has 1 rings (SSSR count). The van der Waals surface area contributed by atoms with Crippen molar-refractivity contribution >= 4 is 5.97 Å². The summed E-state index contributed by atoms with van der Waals surface area (Å²) >= 11 is 0. The van der Waals surface area contributed by atoms with Crippen LogP contribution in [0.5, 0.6) is 0 Å². The molecule has 0 aromatic heterocycles. The van der Waals surface area contributed by atoms with Crippen LogP contribution in [0.25, 0.3) is 0 Å². The largest absolute Gasteiger partial charge is 0.468 e. The summed E-state index contributed by atoms with van der Waals surface area (Å²) in [5.41, 5.74) is 0. The van der Waals surface area contributed by atoms with Crippen molar-refractivity contribution < 1.29 is 9.53 Å². The maximum Gasteiger partial charge on any atom is 0.322 e. The topological polar surface area (TPSA) is 38.3 Å². The fraction of sp³-hybridized carbons (Fsp3) is 0.917. The highest BCUT2D eigenvalue weighted by atomic mass is 16.5. The molecule has 1 aliphatic carbocycles. The van der Waals surface area contributed by atoms with Gasteiger partial charge in [0.15, 0.2) is 0 Å². The Labute approximate surface area is 92.6 Å². The van der Waals surface area contributed by atoms with Crippen molar-refractivity contribution in [3.05, 3.63) is 0 Å². The Morgan fingerprint density at radius 1 is 1.47 bits per heavy atom. The number of carbonyl (C=O) groups excluding carboxylic acids is 1. The van der Waals surface area contributed by atoms with Gasteiger partial charge in [0.1, 0.15) is 6.04 Å². The molecule has 0 heterocycles. The van der Waals surface area contributed by atoms with Gasteiger partial charge in [-0.2, -0.15) is 0 Å². The Kier molecular flexibility index (Phi) is 5.09. The lowest BCUT2D eigenvalue weighted by molar-refractivity contribution is -0.143. The molecule has 1 aliphatic rings. The van der Waals surface area contributed by atoms with Gasteiger partial charge in [-0.3, -0.25) is 4.79 Å². The molecule has 1 saturated carbocycles. The van der Waals surface area contributed by atoms with Gasteiger partial charge < -0.3 is 10.1 Å². The third-order valence-electron chi connectivity index (χ3n) is 2.83. The first-order valence-corrected chi connectivity index (χ1v) is 5.94. The Balaban J connectivity index is 2.23. The van der Waals surface area contributed by atoms with Gasteiger partial charge in [0.2, 0.25) is 0 Å². The summed E-state index contributed by atoms with van der Waals surface area (Å²) in [4.78, 5) is 11.5. The van der Waals surface area contributed by atoms with Crippen LogP contribution < -0.4 is 5.32 Å². The predicted octanol–water partition coefficient (Wildman–Crippen LogP) is 1.96. The lowest BCUT2D eigenvalue weighted by Gasteiger charge is -2.18. The first-order chi connectivity index (χ1) is 7.13. The monoisotopic (exact) mass is 213 g/mol. The number of ether oxygens (including phenoxy) is 1. The first kappa shape index (κ1) is 12.5. The number of esters is 1. The summed E-state index contributed by atoms with van der Waals surface area (Å²) in [7, 11) is 1.46. The average molecular weight is 213 g/mol. The molecule has 0 saturated heterocycles. The van der Waals surface area contributed by atoms with E-state index >= 15 is 0 Å². The fourth-order valence-electron chi connectivity index (χ4n) is 1.74.